The molecular formula is C12H17ClFN3O2S. The molecule has 0 aliphatic carbocycles. The van der Waals surface area contributed by atoms with Crippen LogP contribution in [0.15, 0.2) is 17.0 Å². The van der Waals surface area contributed by atoms with Crippen LogP contribution in [0.1, 0.15) is 6.92 Å². The number of anilines is 1. The lowest BCUT2D eigenvalue weighted by Gasteiger charge is -2.33. The van der Waals surface area contributed by atoms with Gasteiger partial charge in [0.05, 0.1) is 5.02 Å². The van der Waals surface area contributed by atoms with Gasteiger partial charge >= 0.3 is 0 Å². The van der Waals surface area contributed by atoms with Crippen LogP contribution in [-0.4, -0.2) is 50.3 Å². The summed E-state index contributed by atoms with van der Waals surface area (Å²) in [6.45, 7) is 4.82. The highest BCUT2D eigenvalue weighted by Gasteiger charge is 2.31. The van der Waals surface area contributed by atoms with E-state index in [0.29, 0.717) is 26.2 Å². The quantitative estimate of drug-likeness (QED) is 0.854. The van der Waals surface area contributed by atoms with Crippen LogP contribution in [0.2, 0.25) is 5.02 Å². The molecule has 1 heterocycles. The number of hydrogen-bond acceptors (Lipinski definition) is 4. The number of sulfonamides is 1. The summed E-state index contributed by atoms with van der Waals surface area (Å²) in [5.74, 6) is -0.946. The maximum atomic E-state index is 14.0. The summed E-state index contributed by atoms with van der Waals surface area (Å²) in [6.07, 6.45) is 0. The normalized spacial score (nSPS) is 18.4. The van der Waals surface area contributed by atoms with Crippen LogP contribution in [0, 0.1) is 5.82 Å². The number of nitrogens with two attached hydrogens (primary N) is 1. The number of likely N-dealkylation sites (N-methyl/N-ethyl adjacent to an activating group) is 1. The molecule has 0 unspecified atom stereocenters. The second-order valence-electron chi connectivity index (χ2n) is 4.65. The van der Waals surface area contributed by atoms with Crippen LogP contribution >= 0.6 is 11.6 Å². The summed E-state index contributed by atoms with van der Waals surface area (Å²) < 4.78 is 40.2. The molecule has 112 valence electrons. The molecule has 0 spiro atoms. The lowest BCUT2D eigenvalue weighted by atomic mass is 10.3. The van der Waals surface area contributed by atoms with Crippen molar-refractivity contribution in [2.24, 2.45) is 0 Å². The minimum absolute atomic E-state index is 0.127. The Labute approximate surface area is 123 Å². The van der Waals surface area contributed by atoms with Gasteiger partial charge in [-0.1, -0.05) is 18.5 Å². The van der Waals surface area contributed by atoms with Gasteiger partial charge in [0.25, 0.3) is 0 Å². The Morgan fingerprint density at radius 2 is 1.90 bits per heavy atom. The molecule has 2 N–H and O–H groups in total. The predicted molar refractivity (Wildman–Crippen MR) is 76.7 cm³/mol. The number of nitrogen functional groups attached to an aromatic ring is 1. The zero-order chi connectivity index (χ0) is 14.9. The lowest BCUT2D eigenvalue weighted by Crippen LogP contribution is -2.48. The summed E-state index contributed by atoms with van der Waals surface area (Å²) >= 11 is 5.66. The molecule has 5 nitrogen and oxygen atoms in total. The van der Waals surface area contributed by atoms with Crippen molar-refractivity contribution in [2.45, 2.75) is 11.8 Å². The molecule has 1 aliphatic rings. The molecule has 0 amide bonds. The minimum atomic E-state index is -3.90. The lowest BCUT2D eigenvalue weighted by molar-refractivity contribution is 0.196. The standard InChI is InChI=1S/C12H17ClFN3O2S/c1-2-16-3-5-17(6-4-16)20(18,19)11-8-9(15)7-10(13)12(11)14/h7-8H,2-6,15H2,1H3. The summed E-state index contributed by atoms with van der Waals surface area (Å²) in [6, 6.07) is 2.31. The van der Waals surface area contributed by atoms with Gasteiger partial charge in [-0.2, -0.15) is 4.31 Å². The zero-order valence-corrected chi connectivity index (χ0v) is 12.7. The van der Waals surface area contributed by atoms with E-state index in [0.717, 1.165) is 12.6 Å². The van der Waals surface area contributed by atoms with Gasteiger partial charge in [-0.3, -0.25) is 0 Å². The molecular weight excluding hydrogens is 305 g/mol. The van der Waals surface area contributed by atoms with Crippen LogP contribution in [-0.2, 0) is 10.0 Å². The molecule has 1 saturated heterocycles. The van der Waals surface area contributed by atoms with Gasteiger partial charge in [0.2, 0.25) is 10.0 Å². The Balaban J connectivity index is 2.32. The average Bonchev–Trinajstić information content (AvgIpc) is 2.42. The van der Waals surface area contributed by atoms with Gasteiger partial charge in [-0.05, 0) is 18.7 Å². The first-order valence-corrected chi connectivity index (χ1v) is 8.15. The molecule has 0 bridgehead atoms. The fourth-order valence-electron chi connectivity index (χ4n) is 2.20. The molecule has 0 aromatic heterocycles. The smallest absolute Gasteiger partial charge is 0.246 e. The SMILES string of the molecule is CCN1CCN(S(=O)(=O)c2cc(N)cc(Cl)c2F)CC1. The molecule has 1 aliphatic heterocycles. The van der Waals surface area contributed by atoms with Crippen molar-refractivity contribution < 1.29 is 12.8 Å². The molecule has 0 atom stereocenters. The van der Waals surface area contributed by atoms with E-state index in [9.17, 15) is 12.8 Å². The van der Waals surface area contributed by atoms with Gasteiger partial charge in [-0.15, -0.1) is 0 Å². The first-order valence-electron chi connectivity index (χ1n) is 6.33. The topological polar surface area (TPSA) is 66.6 Å². The summed E-state index contributed by atoms with van der Waals surface area (Å²) in [4.78, 5) is 1.68. The highest BCUT2D eigenvalue weighted by molar-refractivity contribution is 7.89. The molecule has 0 saturated carbocycles. The molecule has 2 rings (SSSR count). The third kappa shape index (κ3) is 2.90. The number of benzene rings is 1. The fourth-order valence-corrected chi connectivity index (χ4v) is 4.02. The Kier molecular flexibility index (Phi) is 4.53. The summed E-state index contributed by atoms with van der Waals surface area (Å²) in [5.41, 5.74) is 5.68. The van der Waals surface area contributed by atoms with Crippen LogP contribution in [0.5, 0.6) is 0 Å². The molecule has 20 heavy (non-hydrogen) atoms. The first kappa shape index (κ1) is 15.5. The first-order chi connectivity index (χ1) is 9.36. The third-order valence-electron chi connectivity index (χ3n) is 3.41. The van der Waals surface area contributed by atoms with E-state index < -0.39 is 20.7 Å². The van der Waals surface area contributed by atoms with Crippen molar-refractivity contribution >= 4 is 27.3 Å². The second kappa shape index (κ2) is 5.85. The zero-order valence-electron chi connectivity index (χ0n) is 11.1. The number of hydrogen-bond donors (Lipinski definition) is 1. The number of nitrogens with zero attached hydrogens (tertiary/aromatic N) is 2. The van der Waals surface area contributed by atoms with E-state index in [1.807, 2.05) is 6.92 Å². The average molecular weight is 322 g/mol. The van der Waals surface area contributed by atoms with E-state index in [4.69, 9.17) is 17.3 Å². The van der Waals surface area contributed by atoms with Crippen molar-refractivity contribution in [2.75, 3.05) is 38.5 Å². The van der Waals surface area contributed by atoms with E-state index in [-0.39, 0.29) is 10.7 Å². The van der Waals surface area contributed by atoms with Crippen molar-refractivity contribution in [3.8, 4) is 0 Å². The monoisotopic (exact) mass is 321 g/mol. The van der Waals surface area contributed by atoms with Crippen molar-refractivity contribution in [3.05, 3.63) is 23.0 Å². The number of piperazine rings is 1. The molecule has 0 radical (unpaired) electrons. The van der Waals surface area contributed by atoms with Gasteiger partial charge in [0.1, 0.15) is 4.90 Å². The summed E-state index contributed by atoms with van der Waals surface area (Å²) in [7, 11) is -3.90. The highest BCUT2D eigenvalue weighted by atomic mass is 35.5. The Morgan fingerprint density at radius 3 is 2.45 bits per heavy atom. The second-order valence-corrected chi connectivity index (χ2v) is 6.97. The summed E-state index contributed by atoms with van der Waals surface area (Å²) in [5, 5.41) is -0.282. The molecule has 1 aromatic carbocycles. The number of rotatable bonds is 3. The Hall–Kier alpha value is -0.890. The van der Waals surface area contributed by atoms with Crippen LogP contribution in [0.25, 0.3) is 0 Å². The van der Waals surface area contributed by atoms with Crippen LogP contribution < -0.4 is 5.73 Å². The molecule has 1 fully saturated rings. The molecule has 8 heteroatoms. The molecule has 1 aromatic rings. The van der Waals surface area contributed by atoms with Gasteiger partial charge in [0, 0.05) is 31.9 Å². The third-order valence-corrected chi connectivity index (χ3v) is 5.59. The Morgan fingerprint density at radius 1 is 1.30 bits per heavy atom. The van der Waals surface area contributed by atoms with E-state index in [2.05, 4.69) is 4.90 Å². The van der Waals surface area contributed by atoms with Gasteiger partial charge in [0.15, 0.2) is 5.82 Å². The van der Waals surface area contributed by atoms with Gasteiger partial charge < -0.3 is 10.6 Å². The van der Waals surface area contributed by atoms with Crippen molar-refractivity contribution in [1.82, 2.24) is 9.21 Å². The Bertz CT molecular complexity index is 601. The van der Waals surface area contributed by atoms with Gasteiger partial charge in [-0.25, -0.2) is 12.8 Å². The predicted octanol–water partition coefficient (Wildman–Crippen LogP) is 1.39. The van der Waals surface area contributed by atoms with E-state index in [1.165, 1.54) is 10.4 Å². The van der Waals surface area contributed by atoms with E-state index >= 15 is 0 Å². The van der Waals surface area contributed by atoms with Crippen molar-refractivity contribution in [3.63, 3.8) is 0 Å². The maximum absolute atomic E-state index is 14.0. The van der Waals surface area contributed by atoms with Crippen molar-refractivity contribution in [1.29, 1.82) is 0 Å². The fraction of sp³-hybridized carbons (Fsp3) is 0.500. The highest BCUT2D eigenvalue weighted by Crippen LogP contribution is 2.28. The van der Waals surface area contributed by atoms with E-state index in [1.54, 1.807) is 0 Å². The maximum Gasteiger partial charge on any atom is 0.246 e. The van der Waals surface area contributed by atoms with Crippen LogP contribution in [0.4, 0.5) is 10.1 Å². The van der Waals surface area contributed by atoms with Crippen LogP contribution in [0.3, 0.4) is 0 Å². The largest absolute Gasteiger partial charge is 0.399 e. The minimum Gasteiger partial charge on any atom is -0.399 e. The number of halogens is 2.